The summed E-state index contributed by atoms with van der Waals surface area (Å²) in [6, 6.07) is 25.9. The van der Waals surface area contributed by atoms with Gasteiger partial charge < -0.3 is 4.74 Å². The number of hydrogen-bond acceptors (Lipinski definition) is 4. The predicted octanol–water partition coefficient (Wildman–Crippen LogP) is 5.32. The van der Waals surface area contributed by atoms with E-state index in [0.717, 1.165) is 28.2 Å². The van der Waals surface area contributed by atoms with Crippen LogP contribution in [0, 0.1) is 0 Å². The van der Waals surface area contributed by atoms with Crippen molar-refractivity contribution in [3.05, 3.63) is 90.0 Å². The van der Waals surface area contributed by atoms with E-state index in [1.165, 1.54) is 5.56 Å². The molecule has 0 saturated heterocycles. The van der Waals surface area contributed by atoms with Crippen molar-refractivity contribution in [1.29, 1.82) is 0 Å². The number of nitrogens with zero attached hydrogens (tertiary/aromatic N) is 1. The molecule has 29 heavy (non-hydrogen) atoms. The minimum Gasteiger partial charge on any atom is -0.484 e. The molecule has 0 spiro atoms. The van der Waals surface area contributed by atoms with Crippen molar-refractivity contribution < 1.29 is 9.53 Å². The summed E-state index contributed by atoms with van der Waals surface area (Å²) < 4.78 is 5.52. The number of ether oxygens (including phenoxy) is 1. The Kier molecular flexibility index (Phi) is 7.90. The van der Waals surface area contributed by atoms with Gasteiger partial charge in [-0.3, -0.25) is 4.79 Å². The topological polar surface area (TPSA) is 50.7 Å². The number of carbonyl (C=O) groups is 1. The molecule has 5 heteroatoms. The van der Waals surface area contributed by atoms with Crippen LogP contribution in [0.1, 0.15) is 24.5 Å². The lowest BCUT2D eigenvalue weighted by molar-refractivity contribution is -0.123. The highest BCUT2D eigenvalue weighted by Crippen LogP contribution is 2.29. The number of hydrazone groups is 1. The van der Waals surface area contributed by atoms with Crippen LogP contribution < -0.4 is 10.2 Å². The minimum absolute atomic E-state index is 0.0785. The highest BCUT2D eigenvalue weighted by atomic mass is 32.2. The van der Waals surface area contributed by atoms with Gasteiger partial charge in [0.15, 0.2) is 6.61 Å². The van der Waals surface area contributed by atoms with Crippen LogP contribution in [0.4, 0.5) is 0 Å². The van der Waals surface area contributed by atoms with E-state index in [-0.39, 0.29) is 12.5 Å². The van der Waals surface area contributed by atoms with Crippen molar-refractivity contribution in [2.24, 2.45) is 5.10 Å². The number of carbonyl (C=O) groups excluding carboxylic acids is 1. The summed E-state index contributed by atoms with van der Waals surface area (Å²) in [6.45, 7) is 2.07. The molecule has 0 aliphatic carbocycles. The van der Waals surface area contributed by atoms with Gasteiger partial charge in [0, 0.05) is 15.4 Å². The summed E-state index contributed by atoms with van der Waals surface area (Å²) in [7, 11) is 0. The normalized spacial score (nSPS) is 10.8. The van der Waals surface area contributed by atoms with Gasteiger partial charge in [-0.05, 0) is 42.3 Å². The van der Waals surface area contributed by atoms with Gasteiger partial charge in [0.25, 0.3) is 5.91 Å². The van der Waals surface area contributed by atoms with E-state index < -0.39 is 0 Å². The summed E-state index contributed by atoms with van der Waals surface area (Å²) in [5.41, 5.74) is 4.72. The number of aryl methyl sites for hydroxylation is 1. The monoisotopic (exact) mass is 404 g/mol. The Balaban J connectivity index is 1.51. The Bertz CT molecular complexity index is 941. The molecule has 0 aromatic heterocycles. The first-order valence-corrected chi connectivity index (χ1v) is 10.4. The van der Waals surface area contributed by atoms with E-state index in [2.05, 4.69) is 29.6 Å². The number of nitrogens with one attached hydrogen (secondary N) is 1. The quantitative estimate of drug-likeness (QED) is 0.388. The number of rotatable bonds is 9. The Morgan fingerprint density at radius 1 is 1.00 bits per heavy atom. The van der Waals surface area contributed by atoms with E-state index in [0.29, 0.717) is 5.75 Å². The van der Waals surface area contributed by atoms with Crippen molar-refractivity contribution in [3.63, 3.8) is 0 Å². The maximum Gasteiger partial charge on any atom is 0.277 e. The second-order valence-corrected chi connectivity index (χ2v) is 7.54. The molecule has 0 atom stereocenters. The summed E-state index contributed by atoms with van der Waals surface area (Å²) in [4.78, 5) is 14.2. The Hall–Kier alpha value is -3.05. The van der Waals surface area contributed by atoms with Crippen LogP contribution in [0.25, 0.3) is 0 Å². The molecule has 148 valence electrons. The third kappa shape index (κ3) is 6.80. The first kappa shape index (κ1) is 20.7. The van der Waals surface area contributed by atoms with E-state index in [1.807, 2.05) is 66.7 Å². The molecular formula is C24H24N2O2S. The number of benzene rings is 3. The van der Waals surface area contributed by atoms with Crippen LogP contribution in [0.2, 0.25) is 0 Å². The van der Waals surface area contributed by atoms with E-state index in [9.17, 15) is 4.79 Å². The third-order valence-electron chi connectivity index (χ3n) is 4.11. The molecule has 0 fully saturated rings. The molecular weight excluding hydrogens is 380 g/mol. The smallest absolute Gasteiger partial charge is 0.277 e. The summed E-state index contributed by atoms with van der Waals surface area (Å²) in [6.07, 6.45) is 3.80. The van der Waals surface area contributed by atoms with Crippen LogP contribution in [0.15, 0.2) is 93.8 Å². The molecule has 3 aromatic carbocycles. The molecule has 0 aliphatic heterocycles. The summed E-state index contributed by atoms with van der Waals surface area (Å²) in [5, 5.41) is 4.08. The Labute approximate surface area is 176 Å². The highest BCUT2D eigenvalue weighted by molar-refractivity contribution is 7.99. The van der Waals surface area contributed by atoms with Crippen LogP contribution in [0.5, 0.6) is 5.75 Å². The lowest BCUT2D eigenvalue weighted by atomic mass is 10.1. The average Bonchev–Trinajstić information content (AvgIpc) is 2.75. The van der Waals surface area contributed by atoms with Crippen molar-refractivity contribution in [3.8, 4) is 5.75 Å². The Morgan fingerprint density at radius 3 is 2.48 bits per heavy atom. The fourth-order valence-corrected chi connectivity index (χ4v) is 3.62. The second-order valence-electron chi connectivity index (χ2n) is 6.43. The predicted molar refractivity (Wildman–Crippen MR) is 119 cm³/mol. The van der Waals surface area contributed by atoms with Gasteiger partial charge in [0.2, 0.25) is 0 Å². The first-order chi connectivity index (χ1) is 14.2. The maximum absolute atomic E-state index is 12.0. The van der Waals surface area contributed by atoms with Gasteiger partial charge in [0.1, 0.15) is 5.75 Å². The SMILES string of the molecule is CCCc1ccc(OCC(=O)N/N=C/c2ccccc2Sc2ccccc2)cc1. The van der Waals surface area contributed by atoms with Gasteiger partial charge in [-0.15, -0.1) is 0 Å². The van der Waals surface area contributed by atoms with Crippen molar-refractivity contribution in [2.75, 3.05) is 6.61 Å². The molecule has 0 unspecified atom stereocenters. The van der Waals surface area contributed by atoms with Crippen molar-refractivity contribution in [1.82, 2.24) is 5.43 Å². The van der Waals surface area contributed by atoms with E-state index >= 15 is 0 Å². The highest BCUT2D eigenvalue weighted by Gasteiger charge is 2.04. The van der Waals surface area contributed by atoms with Gasteiger partial charge in [-0.1, -0.05) is 73.6 Å². The Morgan fingerprint density at radius 2 is 1.72 bits per heavy atom. The van der Waals surface area contributed by atoms with Gasteiger partial charge in [-0.25, -0.2) is 5.43 Å². The molecule has 3 rings (SSSR count). The number of hydrogen-bond donors (Lipinski definition) is 1. The lowest BCUT2D eigenvalue weighted by Crippen LogP contribution is -2.24. The largest absolute Gasteiger partial charge is 0.484 e. The van der Waals surface area contributed by atoms with Crippen LogP contribution in [-0.2, 0) is 11.2 Å². The van der Waals surface area contributed by atoms with Crippen LogP contribution in [-0.4, -0.2) is 18.7 Å². The fourth-order valence-electron chi connectivity index (χ4n) is 2.69. The molecule has 1 N–H and O–H groups in total. The fraction of sp³-hybridized carbons (Fsp3) is 0.167. The zero-order chi connectivity index (χ0) is 20.3. The minimum atomic E-state index is -0.299. The third-order valence-corrected chi connectivity index (χ3v) is 5.21. The zero-order valence-corrected chi connectivity index (χ0v) is 17.2. The van der Waals surface area contributed by atoms with E-state index in [1.54, 1.807) is 18.0 Å². The summed E-state index contributed by atoms with van der Waals surface area (Å²) >= 11 is 1.66. The molecule has 0 radical (unpaired) electrons. The molecule has 0 aliphatic rings. The van der Waals surface area contributed by atoms with Crippen LogP contribution in [0.3, 0.4) is 0 Å². The lowest BCUT2D eigenvalue weighted by Gasteiger charge is -2.07. The molecule has 0 heterocycles. The second kappa shape index (κ2) is 11.1. The first-order valence-electron chi connectivity index (χ1n) is 9.60. The molecule has 3 aromatic rings. The van der Waals surface area contributed by atoms with E-state index in [4.69, 9.17) is 4.74 Å². The van der Waals surface area contributed by atoms with Gasteiger partial charge in [-0.2, -0.15) is 5.10 Å². The zero-order valence-electron chi connectivity index (χ0n) is 16.4. The number of amides is 1. The van der Waals surface area contributed by atoms with Crippen molar-refractivity contribution in [2.45, 2.75) is 29.6 Å². The van der Waals surface area contributed by atoms with Gasteiger partial charge >= 0.3 is 0 Å². The van der Waals surface area contributed by atoms with Crippen LogP contribution >= 0.6 is 11.8 Å². The molecule has 0 saturated carbocycles. The molecule has 4 nitrogen and oxygen atoms in total. The van der Waals surface area contributed by atoms with Crippen molar-refractivity contribution >= 4 is 23.9 Å². The average molecular weight is 405 g/mol. The van der Waals surface area contributed by atoms with Gasteiger partial charge in [0.05, 0.1) is 6.21 Å². The molecule has 1 amide bonds. The molecule has 0 bridgehead atoms. The maximum atomic E-state index is 12.0. The standard InChI is InChI=1S/C24H24N2O2S/c1-2-8-19-13-15-21(16-14-19)28-18-24(27)26-25-17-20-9-6-7-12-23(20)29-22-10-4-3-5-11-22/h3-7,9-17H,2,8,18H2,1H3,(H,26,27)/b25-17+. The summed E-state index contributed by atoms with van der Waals surface area (Å²) in [5.74, 6) is 0.376.